The third-order valence-corrected chi connectivity index (χ3v) is 4.05. The zero-order valence-corrected chi connectivity index (χ0v) is 12.3. The molecule has 1 aromatic carbocycles. The summed E-state index contributed by atoms with van der Waals surface area (Å²) in [6, 6.07) is 3.69. The van der Waals surface area contributed by atoms with Crippen LogP contribution in [0.5, 0.6) is 0 Å². The number of halogens is 3. The molecule has 0 radical (unpaired) electrons. The molecule has 2 N–H and O–H groups in total. The lowest BCUT2D eigenvalue weighted by Crippen LogP contribution is -2.49. The summed E-state index contributed by atoms with van der Waals surface area (Å²) in [6.45, 7) is 5.29. The molecule has 116 valence electrons. The molecule has 2 rings (SSSR count). The molecule has 6 heteroatoms. The molecule has 1 fully saturated rings. The summed E-state index contributed by atoms with van der Waals surface area (Å²) in [4.78, 5) is 12.3. The van der Waals surface area contributed by atoms with Crippen molar-refractivity contribution in [3.8, 4) is 0 Å². The number of carbonyl (C=O) groups excluding carboxylic acids is 1. The molecule has 1 unspecified atom stereocenters. The Morgan fingerprint density at radius 2 is 1.81 bits per heavy atom. The minimum Gasteiger partial charge on any atom is -0.325 e. The first-order chi connectivity index (χ1) is 9.67. The van der Waals surface area contributed by atoms with Crippen LogP contribution in [0.15, 0.2) is 12.1 Å². The molecule has 0 bridgehead atoms. The van der Waals surface area contributed by atoms with Gasteiger partial charge in [0.15, 0.2) is 5.41 Å². The van der Waals surface area contributed by atoms with Crippen molar-refractivity contribution in [3.63, 3.8) is 0 Å². The van der Waals surface area contributed by atoms with E-state index in [0.717, 1.165) is 16.7 Å². The molecular weight excluding hydrogens is 281 g/mol. The van der Waals surface area contributed by atoms with Crippen molar-refractivity contribution in [1.29, 1.82) is 0 Å². The normalized spacial score (nSPS) is 22.4. The van der Waals surface area contributed by atoms with Crippen molar-refractivity contribution in [2.45, 2.75) is 33.4 Å². The van der Waals surface area contributed by atoms with E-state index in [1.807, 2.05) is 19.1 Å². The second kappa shape index (κ2) is 5.33. The Labute approximate surface area is 121 Å². The molecule has 0 spiro atoms. The second-order valence-corrected chi connectivity index (χ2v) is 5.73. The number of nitrogens with one attached hydrogen (secondary N) is 2. The van der Waals surface area contributed by atoms with Crippen LogP contribution in [0.4, 0.5) is 18.9 Å². The van der Waals surface area contributed by atoms with Crippen LogP contribution in [0.3, 0.4) is 0 Å². The van der Waals surface area contributed by atoms with E-state index in [1.165, 1.54) is 0 Å². The first-order valence-corrected chi connectivity index (χ1v) is 6.84. The van der Waals surface area contributed by atoms with Crippen LogP contribution in [0.25, 0.3) is 0 Å². The van der Waals surface area contributed by atoms with Gasteiger partial charge in [-0.15, -0.1) is 0 Å². The number of anilines is 1. The van der Waals surface area contributed by atoms with E-state index in [0.29, 0.717) is 5.69 Å². The summed E-state index contributed by atoms with van der Waals surface area (Å²) in [6.07, 6.45) is -4.79. The maximum Gasteiger partial charge on any atom is 0.404 e. The van der Waals surface area contributed by atoms with E-state index in [9.17, 15) is 18.0 Å². The lowest BCUT2D eigenvalue weighted by Gasteiger charge is -2.30. The predicted octanol–water partition coefficient (Wildman–Crippen LogP) is 3.09. The maximum absolute atomic E-state index is 13.3. The number of alkyl halides is 3. The SMILES string of the molecule is Cc1cc(C)c(NC(=O)C2(C(F)(F)F)CCNC2)c(C)c1. The van der Waals surface area contributed by atoms with E-state index in [2.05, 4.69) is 10.6 Å². The topological polar surface area (TPSA) is 41.1 Å². The minimum absolute atomic E-state index is 0.193. The van der Waals surface area contributed by atoms with Crippen molar-refractivity contribution >= 4 is 11.6 Å². The first kappa shape index (κ1) is 15.8. The molecular formula is C15H19F3N2O. The Bertz CT molecular complexity index is 538. The number of aryl methyl sites for hydroxylation is 3. The van der Waals surface area contributed by atoms with E-state index in [4.69, 9.17) is 0 Å². The second-order valence-electron chi connectivity index (χ2n) is 5.73. The lowest BCUT2D eigenvalue weighted by atomic mass is 9.85. The zero-order valence-electron chi connectivity index (χ0n) is 12.3. The zero-order chi connectivity index (χ0) is 15.8. The van der Waals surface area contributed by atoms with Crippen LogP contribution in [-0.2, 0) is 4.79 Å². The predicted molar refractivity (Wildman–Crippen MR) is 75.3 cm³/mol. The number of benzene rings is 1. The Morgan fingerprint density at radius 3 is 2.24 bits per heavy atom. The molecule has 1 aliphatic heterocycles. The highest BCUT2D eigenvalue weighted by molar-refractivity contribution is 5.97. The van der Waals surface area contributed by atoms with Crippen LogP contribution in [-0.4, -0.2) is 25.2 Å². The lowest BCUT2D eigenvalue weighted by molar-refractivity contribution is -0.213. The number of hydrogen-bond donors (Lipinski definition) is 2. The summed E-state index contributed by atoms with van der Waals surface area (Å²) in [7, 11) is 0. The van der Waals surface area contributed by atoms with Gasteiger partial charge in [0.1, 0.15) is 0 Å². The standard InChI is InChI=1S/C15H19F3N2O/c1-9-6-10(2)12(11(3)7-9)20-13(21)14(15(16,17)18)4-5-19-8-14/h6-7,19H,4-5,8H2,1-3H3,(H,20,21). The largest absolute Gasteiger partial charge is 0.404 e. The average molecular weight is 300 g/mol. The molecule has 0 aliphatic carbocycles. The van der Waals surface area contributed by atoms with E-state index in [1.54, 1.807) is 13.8 Å². The molecule has 1 saturated heterocycles. The molecule has 1 aromatic rings. The van der Waals surface area contributed by atoms with Gasteiger partial charge in [-0.25, -0.2) is 0 Å². The third kappa shape index (κ3) is 2.77. The van der Waals surface area contributed by atoms with E-state index in [-0.39, 0.29) is 19.5 Å². The summed E-state index contributed by atoms with van der Waals surface area (Å²) in [5.41, 5.74) is 0.682. The fourth-order valence-corrected chi connectivity index (χ4v) is 2.87. The fraction of sp³-hybridized carbons (Fsp3) is 0.533. The molecule has 0 aromatic heterocycles. The van der Waals surface area contributed by atoms with E-state index >= 15 is 0 Å². The fourth-order valence-electron chi connectivity index (χ4n) is 2.87. The molecule has 1 atom stereocenters. The van der Waals surface area contributed by atoms with Crippen LogP contribution in [0.2, 0.25) is 0 Å². The van der Waals surface area contributed by atoms with Gasteiger partial charge in [0, 0.05) is 12.2 Å². The minimum atomic E-state index is -4.56. The molecule has 3 nitrogen and oxygen atoms in total. The Balaban J connectivity index is 2.33. The molecule has 1 aliphatic rings. The molecule has 1 amide bonds. The van der Waals surface area contributed by atoms with Gasteiger partial charge in [-0.1, -0.05) is 17.7 Å². The Morgan fingerprint density at radius 1 is 1.24 bits per heavy atom. The van der Waals surface area contributed by atoms with Crippen molar-refractivity contribution in [1.82, 2.24) is 5.32 Å². The average Bonchev–Trinajstić information content (AvgIpc) is 2.83. The highest BCUT2D eigenvalue weighted by Gasteiger charge is 2.61. The molecule has 1 heterocycles. The highest BCUT2D eigenvalue weighted by atomic mass is 19.4. The highest BCUT2D eigenvalue weighted by Crippen LogP contribution is 2.44. The van der Waals surface area contributed by atoms with Gasteiger partial charge >= 0.3 is 6.18 Å². The summed E-state index contributed by atoms with van der Waals surface area (Å²) in [5.74, 6) is -0.977. The van der Waals surface area contributed by atoms with Crippen LogP contribution in [0.1, 0.15) is 23.1 Å². The van der Waals surface area contributed by atoms with Gasteiger partial charge in [-0.3, -0.25) is 4.79 Å². The molecule has 0 saturated carbocycles. The quantitative estimate of drug-likeness (QED) is 0.881. The van der Waals surface area contributed by atoms with Gasteiger partial charge in [0.25, 0.3) is 0 Å². The summed E-state index contributed by atoms with van der Waals surface area (Å²) < 4.78 is 40.0. The van der Waals surface area contributed by atoms with Crippen molar-refractivity contribution in [3.05, 3.63) is 28.8 Å². The Hall–Kier alpha value is -1.56. The van der Waals surface area contributed by atoms with Gasteiger partial charge < -0.3 is 10.6 Å². The Kier molecular flexibility index (Phi) is 4.02. The van der Waals surface area contributed by atoms with Gasteiger partial charge in [0.05, 0.1) is 0 Å². The van der Waals surface area contributed by atoms with E-state index < -0.39 is 17.5 Å². The number of amides is 1. The summed E-state index contributed by atoms with van der Waals surface area (Å²) in [5, 5.41) is 5.14. The smallest absolute Gasteiger partial charge is 0.325 e. The third-order valence-electron chi connectivity index (χ3n) is 4.05. The van der Waals surface area contributed by atoms with Gasteiger partial charge in [0.2, 0.25) is 5.91 Å². The van der Waals surface area contributed by atoms with Gasteiger partial charge in [-0.2, -0.15) is 13.2 Å². The summed E-state index contributed by atoms with van der Waals surface area (Å²) >= 11 is 0. The number of hydrogen-bond acceptors (Lipinski definition) is 2. The molecule has 21 heavy (non-hydrogen) atoms. The number of rotatable bonds is 2. The number of carbonyl (C=O) groups is 1. The van der Waals surface area contributed by atoms with Crippen molar-refractivity contribution in [2.75, 3.05) is 18.4 Å². The van der Waals surface area contributed by atoms with Crippen LogP contribution >= 0.6 is 0 Å². The van der Waals surface area contributed by atoms with Crippen LogP contribution in [0, 0.1) is 26.2 Å². The monoisotopic (exact) mass is 300 g/mol. The maximum atomic E-state index is 13.3. The first-order valence-electron chi connectivity index (χ1n) is 6.84. The van der Waals surface area contributed by atoms with Gasteiger partial charge in [-0.05, 0) is 44.9 Å². The van der Waals surface area contributed by atoms with Crippen molar-refractivity contribution in [2.24, 2.45) is 5.41 Å². The van der Waals surface area contributed by atoms with Crippen LogP contribution < -0.4 is 10.6 Å². The van der Waals surface area contributed by atoms with Crippen molar-refractivity contribution < 1.29 is 18.0 Å².